The number of benzene rings is 10. The van der Waals surface area contributed by atoms with Crippen LogP contribution in [0.25, 0.3) is 97.4 Å². The fourth-order valence-corrected chi connectivity index (χ4v) is 12.0. The van der Waals surface area contributed by atoms with Gasteiger partial charge in [-0.1, -0.05) is 145 Å². The Kier molecular flexibility index (Phi) is 10.2. The molecule has 0 saturated heterocycles. The summed E-state index contributed by atoms with van der Waals surface area (Å²) in [5, 5.41) is 7.62. The van der Waals surface area contributed by atoms with Gasteiger partial charge in [0, 0.05) is 70.2 Å². The highest BCUT2D eigenvalue weighted by Gasteiger charge is 2.23. The molecule has 0 aliphatic rings. The van der Waals surface area contributed by atoms with Crippen LogP contribution in [0.1, 0.15) is 52.7 Å². The van der Waals surface area contributed by atoms with Gasteiger partial charge in [-0.2, -0.15) is 0 Å². The summed E-state index contributed by atoms with van der Waals surface area (Å²) in [4.78, 5) is 2.42. The van der Waals surface area contributed by atoms with Crippen molar-refractivity contribution in [2.75, 3.05) is 4.90 Å². The third-order valence-corrected chi connectivity index (χ3v) is 16.0. The Morgan fingerprint density at radius 3 is 1.18 bits per heavy atom. The van der Waals surface area contributed by atoms with Crippen molar-refractivity contribution in [1.82, 2.24) is 9.13 Å². The summed E-state index contributed by atoms with van der Waals surface area (Å²) in [6.07, 6.45) is 0. The molecule has 10 aromatic carbocycles. The van der Waals surface area contributed by atoms with Gasteiger partial charge < -0.3 is 14.0 Å². The van der Waals surface area contributed by atoms with Gasteiger partial charge in [-0.3, -0.25) is 0 Å². The van der Waals surface area contributed by atoms with E-state index in [9.17, 15) is 0 Å². The molecule has 3 aromatic heterocycles. The lowest BCUT2D eigenvalue weighted by Gasteiger charge is -2.26. The van der Waals surface area contributed by atoms with Crippen molar-refractivity contribution < 1.29 is 0 Å². The number of thiophene rings is 1. The zero-order chi connectivity index (χ0) is 48.9. The van der Waals surface area contributed by atoms with Crippen molar-refractivity contribution in [2.24, 2.45) is 0 Å². The summed E-state index contributed by atoms with van der Waals surface area (Å²) >= 11 is 1.86. The number of hydrogen-bond donors (Lipinski definition) is 0. The second kappa shape index (κ2) is 16.7. The van der Waals surface area contributed by atoms with Gasteiger partial charge in [-0.05, 0) is 166 Å². The molecule has 0 unspecified atom stereocenters. The second-order valence-electron chi connectivity index (χ2n) is 21.5. The van der Waals surface area contributed by atoms with E-state index in [1.165, 1.54) is 97.2 Å². The van der Waals surface area contributed by atoms with Crippen LogP contribution >= 0.6 is 11.3 Å². The van der Waals surface area contributed by atoms with Crippen LogP contribution in [0.15, 0.2) is 224 Å². The molecular formula is C68H55N3S. The molecule has 72 heavy (non-hydrogen) atoms. The van der Waals surface area contributed by atoms with Gasteiger partial charge >= 0.3 is 0 Å². The fraction of sp³-hybridized carbons (Fsp3) is 0.118. The summed E-state index contributed by atoms with van der Waals surface area (Å²) in [6, 6.07) is 83.5. The van der Waals surface area contributed by atoms with Crippen LogP contribution < -0.4 is 4.90 Å². The normalized spacial score (nSPS) is 12.3. The fourth-order valence-electron chi connectivity index (χ4n) is 11.0. The van der Waals surface area contributed by atoms with E-state index in [-0.39, 0.29) is 10.8 Å². The van der Waals surface area contributed by atoms with Crippen LogP contribution in [0.5, 0.6) is 0 Å². The molecule has 4 heteroatoms. The van der Waals surface area contributed by atoms with Crippen molar-refractivity contribution in [1.29, 1.82) is 0 Å². The van der Waals surface area contributed by atoms with E-state index in [4.69, 9.17) is 0 Å². The van der Waals surface area contributed by atoms with Crippen LogP contribution in [0, 0.1) is 0 Å². The molecule has 13 aromatic rings. The van der Waals surface area contributed by atoms with Crippen LogP contribution in [0.3, 0.4) is 0 Å². The predicted molar refractivity (Wildman–Crippen MR) is 311 cm³/mol. The Labute approximate surface area is 425 Å². The first-order valence-electron chi connectivity index (χ1n) is 25.2. The molecule has 348 valence electrons. The molecule has 0 N–H and O–H groups in total. The molecule has 0 amide bonds. The van der Waals surface area contributed by atoms with E-state index in [2.05, 4.69) is 280 Å². The van der Waals surface area contributed by atoms with Gasteiger partial charge in [0.25, 0.3) is 0 Å². The number of anilines is 3. The Balaban J connectivity index is 0.955. The van der Waals surface area contributed by atoms with E-state index < -0.39 is 0 Å². The summed E-state index contributed by atoms with van der Waals surface area (Å²) < 4.78 is 7.48. The summed E-state index contributed by atoms with van der Waals surface area (Å²) in [6.45, 7) is 13.8. The van der Waals surface area contributed by atoms with Crippen LogP contribution in [0.2, 0.25) is 0 Å². The smallest absolute Gasteiger partial charge is 0.0541 e. The van der Waals surface area contributed by atoms with Crippen LogP contribution in [-0.2, 0) is 10.8 Å². The van der Waals surface area contributed by atoms with Gasteiger partial charge in [0.05, 0.1) is 22.1 Å². The van der Waals surface area contributed by atoms with E-state index in [1.807, 2.05) is 11.3 Å². The molecule has 13 rings (SSSR count). The van der Waals surface area contributed by atoms with Gasteiger partial charge in [-0.25, -0.2) is 0 Å². The molecule has 0 bridgehead atoms. The quantitative estimate of drug-likeness (QED) is 0.155. The lowest BCUT2D eigenvalue weighted by Crippen LogP contribution is -2.10. The first kappa shape index (κ1) is 43.8. The van der Waals surface area contributed by atoms with Gasteiger partial charge in [0.2, 0.25) is 0 Å². The first-order valence-corrected chi connectivity index (χ1v) is 26.0. The standard InChI is InChI=1S/C68H55N3S/c1-67(2,3)48-23-36-63-58(41-48)59-42-49(68(4,5)6)24-37-64(59)71(63)53-31-27-51(28-32-53)69(54-33-38-66-60(43-54)55-19-13-14-20-65(55)72-66)50-25-29-52(30-26-50)70-61-34-21-46(44-15-9-7-10-16-44)39-56(61)57-40-47(22-35-62(57)70)45-17-11-8-12-18-45/h7-43H,1-6H3. The Morgan fingerprint density at radius 2 is 0.708 bits per heavy atom. The third kappa shape index (κ3) is 7.40. The minimum atomic E-state index is 0.0362. The lowest BCUT2D eigenvalue weighted by molar-refractivity contribution is 0.590. The highest BCUT2D eigenvalue weighted by molar-refractivity contribution is 7.25. The molecule has 0 saturated carbocycles. The van der Waals surface area contributed by atoms with Crippen LogP contribution in [-0.4, -0.2) is 9.13 Å². The zero-order valence-electron chi connectivity index (χ0n) is 41.6. The zero-order valence-corrected chi connectivity index (χ0v) is 42.4. The van der Waals surface area contributed by atoms with Crippen molar-refractivity contribution >= 4 is 92.2 Å². The minimum Gasteiger partial charge on any atom is -0.310 e. The van der Waals surface area contributed by atoms with E-state index in [1.54, 1.807) is 0 Å². The number of rotatable bonds is 7. The third-order valence-electron chi connectivity index (χ3n) is 14.8. The number of aromatic nitrogens is 2. The van der Waals surface area contributed by atoms with E-state index in [0.29, 0.717) is 0 Å². The monoisotopic (exact) mass is 945 g/mol. The molecule has 0 radical (unpaired) electrons. The van der Waals surface area contributed by atoms with E-state index >= 15 is 0 Å². The summed E-state index contributed by atoms with van der Waals surface area (Å²) in [7, 11) is 0. The molecule has 0 aliphatic carbocycles. The number of hydrogen-bond acceptors (Lipinski definition) is 2. The SMILES string of the molecule is CC(C)(C)c1ccc2c(c1)c1cc(C(C)(C)C)ccc1n2-c1ccc(N(c2ccc(-n3c4ccc(-c5ccccc5)cc4c4cc(-c5ccccc5)ccc43)cc2)c2ccc3sc4ccccc4c3c2)cc1. The Morgan fingerprint density at radius 1 is 0.306 bits per heavy atom. The van der Waals surface area contributed by atoms with Crippen molar-refractivity contribution in [2.45, 2.75) is 52.4 Å². The minimum absolute atomic E-state index is 0.0362. The van der Waals surface area contributed by atoms with Gasteiger partial charge in [0.1, 0.15) is 0 Å². The topological polar surface area (TPSA) is 13.1 Å². The maximum Gasteiger partial charge on any atom is 0.0541 e. The van der Waals surface area contributed by atoms with E-state index in [0.717, 1.165) is 28.4 Å². The molecule has 3 nitrogen and oxygen atoms in total. The van der Waals surface area contributed by atoms with Crippen LogP contribution in [0.4, 0.5) is 17.1 Å². The van der Waals surface area contributed by atoms with Gasteiger partial charge in [-0.15, -0.1) is 11.3 Å². The molecular weight excluding hydrogens is 891 g/mol. The average molecular weight is 946 g/mol. The molecule has 3 heterocycles. The number of nitrogens with zero attached hydrogens (tertiary/aromatic N) is 3. The highest BCUT2D eigenvalue weighted by Crippen LogP contribution is 2.44. The molecule has 0 fully saturated rings. The first-order chi connectivity index (χ1) is 34.9. The summed E-state index contributed by atoms with van der Waals surface area (Å²) in [5.41, 5.74) is 18.0. The average Bonchev–Trinajstić information content (AvgIpc) is 4.06. The van der Waals surface area contributed by atoms with Crippen molar-refractivity contribution in [3.8, 4) is 33.6 Å². The molecule has 0 spiro atoms. The predicted octanol–water partition coefficient (Wildman–Crippen LogP) is 19.6. The Bertz CT molecular complexity index is 4030. The Hall–Kier alpha value is -8.18. The summed E-state index contributed by atoms with van der Waals surface area (Å²) in [5.74, 6) is 0. The largest absolute Gasteiger partial charge is 0.310 e. The molecule has 0 atom stereocenters. The highest BCUT2D eigenvalue weighted by atomic mass is 32.1. The maximum absolute atomic E-state index is 2.45. The maximum atomic E-state index is 2.45. The van der Waals surface area contributed by atoms with Crippen molar-refractivity contribution in [3.05, 3.63) is 236 Å². The second-order valence-corrected chi connectivity index (χ2v) is 22.6. The van der Waals surface area contributed by atoms with Crippen molar-refractivity contribution in [3.63, 3.8) is 0 Å². The lowest BCUT2D eigenvalue weighted by atomic mass is 9.85. The van der Waals surface area contributed by atoms with Gasteiger partial charge in [0.15, 0.2) is 0 Å². The molecule has 0 aliphatic heterocycles. The number of fused-ring (bicyclic) bond motifs is 9.